The number of carbonyl (C=O) groups is 2. The minimum Gasteiger partial charge on any atom is -0.378 e. The summed E-state index contributed by atoms with van der Waals surface area (Å²) in [5, 5.41) is 2.43. The van der Waals surface area contributed by atoms with Crippen LogP contribution in [0.15, 0.2) is 48.5 Å². The van der Waals surface area contributed by atoms with E-state index in [0.29, 0.717) is 31.9 Å². The molecule has 27 heavy (non-hydrogen) atoms. The highest BCUT2D eigenvalue weighted by Crippen LogP contribution is 2.30. The van der Waals surface area contributed by atoms with Crippen molar-refractivity contribution in [3.63, 3.8) is 0 Å². The van der Waals surface area contributed by atoms with Crippen molar-refractivity contribution < 1.29 is 27.5 Å². The van der Waals surface area contributed by atoms with E-state index in [2.05, 4.69) is 5.32 Å². The van der Waals surface area contributed by atoms with Gasteiger partial charge in [-0.25, -0.2) is 0 Å². The Hall–Kier alpha value is -2.87. The molecule has 2 amide bonds. The molecule has 0 saturated carbocycles. The van der Waals surface area contributed by atoms with Crippen LogP contribution in [0.5, 0.6) is 0 Å². The maximum absolute atomic E-state index is 12.7. The van der Waals surface area contributed by atoms with E-state index in [1.165, 1.54) is 36.4 Å². The van der Waals surface area contributed by atoms with Crippen LogP contribution in [0.1, 0.15) is 26.3 Å². The lowest BCUT2D eigenvalue weighted by Crippen LogP contribution is -2.40. The highest BCUT2D eigenvalue weighted by molar-refractivity contribution is 6.05. The Morgan fingerprint density at radius 3 is 2.22 bits per heavy atom. The summed E-state index contributed by atoms with van der Waals surface area (Å²) in [5.74, 6) is -0.706. The molecule has 1 fully saturated rings. The smallest absolute Gasteiger partial charge is 0.378 e. The van der Waals surface area contributed by atoms with Crippen molar-refractivity contribution in [1.82, 2.24) is 4.90 Å². The number of morpholine rings is 1. The van der Waals surface area contributed by atoms with Crippen molar-refractivity contribution in [1.29, 1.82) is 0 Å². The second-order valence-electron chi connectivity index (χ2n) is 6.01. The number of nitrogens with zero attached hydrogens (tertiary/aromatic N) is 1. The number of amides is 2. The van der Waals surface area contributed by atoms with Gasteiger partial charge in [-0.1, -0.05) is 6.07 Å². The van der Waals surface area contributed by atoms with Gasteiger partial charge < -0.3 is 15.0 Å². The van der Waals surface area contributed by atoms with Gasteiger partial charge in [0.25, 0.3) is 11.8 Å². The second-order valence-corrected chi connectivity index (χ2v) is 6.01. The number of benzene rings is 2. The highest BCUT2D eigenvalue weighted by atomic mass is 19.4. The van der Waals surface area contributed by atoms with E-state index in [1.807, 2.05) is 0 Å². The van der Waals surface area contributed by atoms with Crippen LogP contribution in [0.4, 0.5) is 18.9 Å². The van der Waals surface area contributed by atoms with Gasteiger partial charge in [0.15, 0.2) is 0 Å². The van der Waals surface area contributed by atoms with Gasteiger partial charge >= 0.3 is 6.18 Å². The Morgan fingerprint density at radius 1 is 0.963 bits per heavy atom. The van der Waals surface area contributed by atoms with Crippen molar-refractivity contribution >= 4 is 17.5 Å². The molecule has 3 rings (SSSR count). The molecule has 0 radical (unpaired) electrons. The Bertz CT molecular complexity index is 829. The Balaban J connectivity index is 1.68. The van der Waals surface area contributed by atoms with Crippen LogP contribution in [-0.4, -0.2) is 43.0 Å². The molecule has 2 aromatic carbocycles. The molecule has 142 valence electrons. The number of ether oxygens (including phenoxy) is 1. The van der Waals surface area contributed by atoms with Crippen LogP contribution < -0.4 is 5.32 Å². The summed E-state index contributed by atoms with van der Waals surface area (Å²) in [5.41, 5.74) is -0.117. The molecule has 1 aliphatic rings. The van der Waals surface area contributed by atoms with Crippen molar-refractivity contribution in [3.05, 3.63) is 65.2 Å². The average molecular weight is 378 g/mol. The van der Waals surface area contributed by atoms with Crippen LogP contribution >= 0.6 is 0 Å². The quantitative estimate of drug-likeness (QED) is 0.890. The molecule has 1 saturated heterocycles. The van der Waals surface area contributed by atoms with E-state index in [4.69, 9.17) is 4.74 Å². The number of hydrogen-bond donors (Lipinski definition) is 1. The molecule has 0 bridgehead atoms. The number of rotatable bonds is 3. The first kappa shape index (κ1) is 18.9. The van der Waals surface area contributed by atoms with E-state index in [1.54, 1.807) is 4.90 Å². The van der Waals surface area contributed by atoms with Gasteiger partial charge in [-0.3, -0.25) is 9.59 Å². The third kappa shape index (κ3) is 4.65. The third-order valence-electron chi connectivity index (χ3n) is 4.14. The first-order valence-electron chi connectivity index (χ1n) is 8.30. The van der Waals surface area contributed by atoms with Gasteiger partial charge in [0.2, 0.25) is 0 Å². The molecule has 0 aromatic heterocycles. The average Bonchev–Trinajstić information content (AvgIpc) is 2.68. The fourth-order valence-corrected chi connectivity index (χ4v) is 2.69. The zero-order chi connectivity index (χ0) is 19.4. The molecule has 0 spiro atoms. The third-order valence-corrected chi connectivity index (χ3v) is 4.14. The van der Waals surface area contributed by atoms with Crippen LogP contribution in [0.3, 0.4) is 0 Å². The van der Waals surface area contributed by atoms with Gasteiger partial charge in [0.05, 0.1) is 18.8 Å². The molecule has 0 unspecified atom stereocenters. The van der Waals surface area contributed by atoms with Gasteiger partial charge in [0.1, 0.15) is 0 Å². The molecule has 0 aliphatic carbocycles. The Labute approximate surface area is 153 Å². The fourth-order valence-electron chi connectivity index (χ4n) is 2.69. The van der Waals surface area contributed by atoms with Crippen LogP contribution in [-0.2, 0) is 10.9 Å². The summed E-state index contributed by atoms with van der Waals surface area (Å²) < 4.78 is 43.4. The molecule has 2 aromatic rings. The topological polar surface area (TPSA) is 58.6 Å². The summed E-state index contributed by atoms with van der Waals surface area (Å²) in [6, 6.07) is 10.4. The molecule has 1 N–H and O–H groups in total. The molecule has 1 heterocycles. The summed E-state index contributed by atoms with van der Waals surface area (Å²) >= 11 is 0. The highest BCUT2D eigenvalue weighted by Gasteiger charge is 2.30. The normalized spacial score (nSPS) is 14.7. The first-order chi connectivity index (χ1) is 12.8. The largest absolute Gasteiger partial charge is 0.416 e. The summed E-state index contributed by atoms with van der Waals surface area (Å²) in [6.45, 7) is 2.00. The Morgan fingerprint density at radius 2 is 1.59 bits per heavy atom. The predicted octanol–water partition coefficient (Wildman–Crippen LogP) is 3.43. The maximum Gasteiger partial charge on any atom is 0.416 e. The molecule has 0 atom stereocenters. The first-order valence-corrected chi connectivity index (χ1v) is 8.30. The molecular formula is C19H17F3N2O3. The van der Waals surface area contributed by atoms with Crippen molar-refractivity contribution in [3.8, 4) is 0 Å². The maximum atomic E-state index is 12.7. The lowest BCUT2D eigenvalue weighted by Gasteiger charge is -2.26. The predicted molar refractivity (Wildman–Crippen MR) is 92.6 cm³/mol. The summed E-state index contributed by atoms with van der Waals surface area (Å²) in [6.07, 6.45) is -4.48. The number of carbonyl (C=O) groups excluding carboxylic acids is 2. The van der Waals surface area contributed by atoms with Crippen LogP contribution in [0, 0.1) is 0 Å². The number of hydrogen-bond acceptors (Lipinski definition) is 3. The van der Waals surface area contributed by atoms with Crippen molar-refractivity contribution in [2.75, 3.05) is 31.6 Å². The fraction of sp³-hybridized carbons (Fsp3) is 0.263. The van der Waals surface area contributed by atoms with Crippen LogP contribution in [0.2, 0.25) is 0 Å². The zero-order valence-corrected chi connectivity index (χ0v) is 14.3. The van der Waals surface area contributed by atoms with E-state index in [0.717, 1.165) is 12.1 Å². The lowest BCUT2D eigenvalue weighted by molar-refractivity contribution is -0.137. The lowest BCUT2D eigenvalue weighted by atomic mass is 10.1. The zero-order valence-electron chi connectivity index (χ0n) is 14.3. The monoisotopic (exact) mass is 378 g/mol. The van der Waals surface area contributed by atoms with Crippen molar-refractivity contribution in [2.24, 2.45) is 0 Å². The minimum atomic E-state index is -4.48. The van der Waals surface area contributed by atoms with Gasteiger partial charge in [-0.15, -0.1) is 0 Å². The summed E-state index contributed by atoms with van der Waals surface area (Å²) in [7, 11) is 0. The molecule has 1 aliphatic heterocycles. The SMILES string of the molecule is O=C(Nc1cccc(C(F)(F)F)c1)c1ccc(C(=O)N2CCOCC2)cc1. The number of nitrogens with one attached hydrogen (secondary N) is 1. The second kappa shape index (κ2) is 7.79. The van der Waals surface area contributed by atoms with E-state index in [-0.39, 0.29) is 17.2 Å². The Kier molecular flexibility index (Phi) is 5.46. The van der Waals surface area contributed by atoms with E-state index < -0.39 is 17.6 Å². The van der Waals surface area contributed by atoms with Gasteiger partial charge in [-0.2, -0.15) is 13.2 Å². The van der Waals surface area contributed by atoms with Crippen molar-refractivity contribution in [2.45, 2.75) is 6.18 Å². The molecular weight excluding hydrogens is 361 g/mol. The molecule has 8 heteroatoms. The standard InChI is InChI=1S/C19H17F3N2O3/c20-19(21,22)15-2-1-3-16(12-15)23-17(25)13-4-6-14(7-5-13)18(26)24-8-10-27-11-9-24/h1-7,12H,8-11H2,(H,23,25). The van der Waals surface area contributed by atoms with Gasteiger partial charge in [0, 0.05) is 29.9 Å². The van der Waals surface area contributed by atoms with E-state index >= 15 is 0 Å². The minimum absolute atomic E-state index is 0.0447. The van der Waals surface area contributed by atoms with E-state index in [9.17, 15) is 22.8 Å². The molecule has 5 nitrogen and oxygen atoms in total. The van der Waals surface area contributed by atoms with Crippen LogP contribution in [0.25, 0.3) is 0 Å². The summed E-state index contributed by atoms with van der Waals surface area (Å²) in [4.78, 5) is 26.3. The van der Waals surface area contributed by atoms with Gasteiger partial charge in [-0.05, 0) is 42.5 Å². The number of anilines is 1. The number of halogens is 3. The number of alkyl halides is 3.